The first-order chi connectivity index (χ1) is 15.2. The Labute approximate surface area is 179 Å². The van der Waals surface area contributed by atoms with Gasteiger partial charge in [0.25, 0.3) is 0 Å². The number of benzene rings is 4. The van der Waals surface area contributed by atoms with Crippen LogP contribution in [0.25, 0.3) is 33.2 Å². The maximum Gasteiger partial charge on any atom is 0.323 e. The van der Waals surface area contributed by atoms with E-state index in [-0.39, 0.29) is 6.54 Å². The van der Waals surface area contributed by atoms with Crippen LogP contribution in [0.4, 0.5) is 0 Å². The van der Waals surface area contributed by atoms with E-state index < -0.39 is 5.97 Å². The molecule has 0 amide bonds. The average Bonchev–Trinajstić information content (AvgIpc) is 3.16. The zero-order chi connectivity index (χ0) is 21.2. The molecule has 0 atom stereocenters. The fourth-order valence-electron chi connectivity index (χ4n) is 3.78. The summed E-state index contributed by atoms with van der Waals surface area (Å²) in [5.74, 6) is 0.558. The third-order valence-corrected chi connectivity index (χ3v) is 5.27. The summed E-state index contributed by atoms with van der Waals surface area (Å²) in [7, 11) is 0. The molecule has 1 heterocycles. The molecule has 0 aliphatic heterocycles. The minimum Gasteiger partial charge on any atom is -0.489 e. The molecule has 31 heavy (non-hydrogen) atoms. The number of nitrogens with zero attached hydrogens (tertiary/aromatic N) is 2. The molecule has 5 nitrogen and oxygen atoms in total. The van der Waals surface area contributed by atoms with Crippen LogP contribution in [-0.4, -0.2) is 20.6 Å². The Morgan fingerprint density at radius 2 is 1.61 bits per heavy atom. The third kappa shape index (κ3) is 3.85. The highest BCUT2D eigenvalue weighted by atomic mass is 16.5. The maximum absolute atomic E-state index is 11.4. The highest BCUT2D eigenvalue weighted by Gasteiger charge is 2.15. The van der Waals surface area contributed by atoms with Crippen LogP contribution < -0.4 is 4.74 Å². The van der Waals surface area contributed by atoms with Crippen LogP contribution in [0.3, 0.4) is 0 Å². The van der Waals surface area contributed by atoms with Crippen molar-refractivity contribution in [2.24, 2.45) is 0 Å². The molecule has 0 spiro atoms. The lowest BCUT2D eigenvalue weighted by atomic mass is 10.1. The van der Waals surface area contributed by atoms with Gasteiger partial charge in [0.1, 0.15) is 24.7 Å². The van der Waals surface area contributed by atoms with Crippen LogP contribution >= 0.6 is 0 Å². The van der Waals surface area contributed by atoms with Gasteiger partial charge in [-0.3, -0.25) is 4.79 Å². The summed E-state index contributed by atoms with van der Waals surface area (Å²) in [6, 6.07) is 29.7. The number of fused-ring (bicyclic) bond motifs is 2. The van der Waals surface area contributed by atoms with Crippen LogP contribution in [-0.2, 0) is 17.9 Å². The van der Waals surface area contributed by atoms with E-state index in [4.69, 9.17) is 9.72 Å². The van der Waals surface area contributed by atoms with Crippen molar-refractivity contribution >= 4 is 27.8 Å². The number of hydrogen-bond donors (Lipinski definition) is 1. The molecule has 5 aromatic rings. The molecule has 152 valence electrons. The molecule has 0 unspecified atom stereocenters. The predicted octanol–water partition coefficient (Wildman–Crippen LogP) is 5.52. The van der Waals surface area contributed by atoms with Gasteiger partial charge in [-0.2, -0.15) is 0 Å². The molecule has 1 aromatic heterocycles. The topological polar surface area (TPSA) is 64.3 Å². The second-order valence-corrected chi connectivity index (χ2v) is 7.40. The van der Waals surface area contributed by atoms with Gasteiger partial charge in [0, 0.05) is 5.56 Å². The van der Waals surface area contributed by atoms with E-state index in [1.807, 2.05) is 91.0 Å². The van der Waals surface area contributed by atoms with Crippen molar-refractivity contribution in [2.75, 3.05) is 0 Å². The van der Waals surface area contributed by atoms with E-state index in [1.54, 1.807) is 4.57 Å². The molecular weight excluding hydrogens is 388 g/mol. The number of imidazole rings is 1. The summed E-state index contributed by atoms with van der Waals surface area (Å²) in [5.41, 5.74) is 3.59. The number of carboxylic acid groups (broad SMARTS) is 1. The summed E-state index contributed by atoms with van der Waals surface area (Å²) >= 11 is 0. The number of carboxylic acids is 1. The molecule has 0 bridgehead atoms. The van der Waals surface area contributed by atoms with Gasteiger partial charge in [0.15, 0.2) is 0 Å². The molecule has 0 aliphatic carbocycles. The van der Waals surface area contributed by atoms with Crippen molar-refractivity contribution < 1.29 is 14.6 Å². The smallest absolute Gasteiger partial charge is 0.323 e. The molecule has 0 saturated heterocycles. The number of hydrogen-bond acceptors (Lipinski definition) is 3. The molecule has 5 rings (SSSR count). The van der Waals surface area contributed by atoms with E-state index in [0.29, 0.717) is 12.4 Å². The Morgan fingerprint density at radius 1 is 0.871 bits per heavy atom. The lowest BCUT2D eigenvalue weighted by Crippen LogP contribution is -2.10. The number of para-hydroxylation sites is 2. The molecule has 0 fully saturated rings. The number of rotatable bonds is 6. The Balaban J connectivity index is 1.48. The maximum atomic E-state index is 11.4. The van der Waals surface area contributed by atoms with Gasteiger partial charge < -0.3 is 14.4 Å². The van der Waals surface area contributed by atoms with Gasteiger partial charge in [0.05, 0.1) is 11.0 Å². The first kappa shape index (κ1) is 18.9. The monoisotopic (exact) mass is 408 g/mol. The van der Waals surface area contributed by atoms with Gasteiger partial charge in [-0.05, 0) is 46.7 Å². The Kier molecular flexibility index (Phi) is 4.84. The van der Waals surface area contributed by atoms with Crippen LogP contribution in [0.5, 0.6) is 5.75 Å². The molecule has 4 aromatic carbocycles. The summed E-state index contributed by atoms with van der Waals surface area (Å²) in [6.45, 7) is 0.379. The van der Waals surface area contributed by atoms with Gasteiger partial charge in [-0.1, -0.05) is 60.7 Å². The zero-order valence-corrected chi connectivity index (χ0v) is 16.7. The quantitative estimate of drug-likeness (QED) is 0.402. The van der Waals surface area contributed by atoms with E-state index in [2.05, 4.69) is 0 Å². The van der Waals surface area contributed by atoms with Gasteiger partial charge in [0.2, 0.25) is 0 Å². The number of carbonyl (C=O) groups is 1. The Bertz CT molecular complexity index is 1390. The summed E-state index contributed by atoms with van der Waals surface area (Å²) < 4.78 is 7.68. The van der Waals surface area contributed by atoms with Gasteiger partial charge in [-0.15, -0.1) is 0 Å². The van der Waals surface area contributed by atoms with Crippen molar-refractivity contribution in [1.82, 2.24) is 9.55 Å². The van der Waals surface area contributed by atoms with E-state index in [0.717, 1.165) is 38.7 Å². The SMILES string of the molecule is O=C(O)Cn1c(-c2ccc3cc(OCc4ccccc4)ccc3c2)nc2ccccc21. The van der Waals surface area contributed by atoms with Crippen LogP contribution in [0.15, 0.2) is 91.0 Å². The second-order valence-electron chi connectivity index (χ2n) is 7.40. The molecule has 0 aliphatic rings. The highest BCUT2D eigenvalue weighted by molar-refractivity contribution is 5.89. The number of aromatic nitrogens is 2. The second kappa shape index (κ2) is 7.95. The highest BCUT2D eigenvalue weighted by Crippen LogP contribution is 2.29. The van der Waals surface area contributed by atoms with Crippen molar-refractivity contribution in [1.29, 1.82) is 0 Å². The molecule has 0 saturated carbocycles. The van der Waals surface area contributed by atoms with E-state index in [1.165, 1.54) is 0 Å². The van der Waals surface area contributed by atoms with Crippen molar-refractivity contribution in [2.45, 2.75) is 13.2 Å². The van der Waals surface area contributed by atoms with Crippen molar-refractivity contribution in [3.8, 4) is 17.1 Å². The summed E-state index contributed by atoms with van der Waals surface area (Å²) in [4.78, 5) is 16.1. The van der Waals surface area contributed by atoms with Gasteiger partial charge in [-0.25, -0.2) is 4.98 Å². The van der Waals surface area contributed by atoms with Crippen molar-refractivity contribution in [3.63, 3.8) is 0 Å². The fraction of sp³-hybridized carbons (Fsp3) is 0.0769. The largest absolute Gasteiger partial charge is 0.489 e. The zero-order valence-electron chi connectivity index (χ0n) is 16.7. The predicted molar refractivity (Wildman–Crippen MR) is 121 cm³/mol. The molecule has 5 heteroatoms. The third-order valence-electron chi connectivity index (χ3n) is 5.27. The van der Waals surface area contributed by atoms with Crippen LogP contribution in [0, 0.1) is 0 Å². The Morgan fingerprint density at radius 3 is 2.45 bits per heavy atom. The number of ether oxygens (including phenoxy) is 1. The van der Waals surface area contributed by atoms with Crippen LogP contribution in [0.1, 0.15) is 5.56 Å². The number of aliphatic carboxylic acids is 1. The lowest BCUT2D eigenvalue weighted by Gasteiger charge is -2.10. The minimum atomic E-state index is -0.898. The fourth-order valence-corrected chi connectivity index (χ4v) is 3.78. The summed E-state index contributed by atoms with van der Waals surface area (Å²) in [6.07, 6.45) is 0. The standard InChI is InChI=1S/C26H20N2O3/c29-25(30)16-28-24-9-5-4-8-23(24)27-26(28)21-11-10-20-15-22(13-12-19(20)14-21)31-17-18-6-2-1-3-7-18/h1-15H,16-17H2,(H,29,30). The minimum absolute atomic E-state index is 0.139. The first-order valence-electron chi connectivity index (χ1n) is 10.1. The van der Waals surface area contributed by atoms with Crippen LogP contribution in [0.2, 0.25) is 0 Å². The molecular formula is C26H20N2O3. The van der Waals surface area contributed by atoms with Crippen molar-refractivity contribution in [3.05, 3.63) is 96.6 Å². The molecule has 1 N–H and O–H groups in total. The summed E-state index contributed by atoms with van der Waals surface area (Å²) in [5, 5.41) is 11.5. The Hall–Kier alpha value is -4.12. The average molecular weight is 408 g/mol. The molecule has 0 radical (unpaired) electrons. The first-order valence-corrected chi connectivity index (χ1v) is 10.1. The van der Waals surface area contributed by atoms with E-state index in [9.17, 15) is 9.90 Å². The van der Waals surface area contributed by atoms with Gasteiger partial charge >= 0.3 is 5.97 Å². The normalized spacial score (nSPS) is 11.1. The van der Waals surface area contributed by atoms with E-state index >= 15 is 0 Å². The lowest BCUT2D eigenvalue weighted by molar-refractivity contribution is -0.137.